The van der Waals surface area contributed by atoms with E-state index >= 15 is 0 Å². The van der Waals surface area contributed by atoms with E-state index in [2.05, 4.69) is 22.8 Å². The lowest BCUT2D eigenvalue weighted by Crippen LogP contribution is -2.23. The zero-order valence-electron chi connectivity index (χ0n) is 17.8. The van der Waals surface area contributed by atoms with Crippen molar-refractivity contribution in [3.63, 3.8) is 0 Å². The predicted molar refractivity (Wildman–Crippen MR) is 125 cm³/mol. The summed E-state index contributed by atoms with van der Waals surface area (Å²) >= 11 is 0. The van der Waals surface area contributed by atoms with Crippen molar-refractivity contribution < 1.29 is 14.3 Å². The maximum absolute atomic E-state index is 12.2. The van der Waals surface area contributed by atoms with Crippen molar-refractivity contribution >= 4 is 28.9 Å². The van der Waals surface area contributed by atoms with E-state index in [4.69, 9.17) is 4.74 Å². The van der Waals surface area contributed by atoms with Crippen LogP contribution >= 0.6 is 0 Å². The molecule has 0 atom stereocenters. The zero-order valence-corrected chi connectivity index (χ0v) is 17.8. The monoisotopic (exact) mass is 417 g/mol. The molecule has 0 spiro atoms. The molecule has 0 saturated carbocycles. The summed E-state index contributed by atoms with van der Waals surface area (Å²) in [5.41, 5.74) is 3.53. The van der Waals surface area contributed by atoms with Crippen LogP contribution in [0.25, 0.3) is 0 Å². The highest BCUT2D eigenvalue weighted by Gasteiger charge is 2.07. The fourth-order valence-corrected chi connectivity index (χ4v) is 2.94. The highest BCUT2D eigenvalue weighted by Crippen LogP contribution is 2.18. The number of amides is 2. The Labute approximate surface area is 182 Å². The average Bonchev–Trinajstić information content (AvgIpc) is 2.79. The summed E-state index contributed by atoms with van der Waals surface area (Å²) in [6, 6.07) is 24.9. The van der Waals surface area contributed by atoms with Gasteiger partial charge in [-0.15, -0.1) is 0 Å². The number of carbonyl (C=O) groups is 2. The molecular weight excluding hydrogens is 390 g/mol. The molecule has 3 aromatic rings. The van der Waals surface area contributed by atoms with E-state index in [0.29, 0.717) is 12.3 Å². The highest BCUT2D eigenvalue weighted by atomic mass is 16.5. The van der Waals surface area contributed by atoms with E-state index in [1.54, 1.807) is 36.2 Å². The summed E-state index contributed by atoms with van der Waals surface area (Å²) in [4.78, 5) is 25.1. The molecule has 31 heavy (non-hydrogen) atoms. The van der Waals surface area contributed by atoms with E-state index in [1.165, 1.54) is 12.5 Å². The maximum atomic E-state index is 12.2. The summed E-state index contributed by atoms with van der Waals surface area (Å²) in [5.74, 6) is 0.589. The molecule has 0 aliphatic carbocycles. The maximum Gasteiger partial charge on any atom is 0.243 e. The smallest absolute Gasteiger partial charge is 0.243 e. The number of rotatable bonds is 9. The Hall–Kier alpha value is -3.80. The molecule has 0 heterocycles. The van der Waals surface area contributed by atoms with E-state index < -0.39 is 0 Å². The van der Waals surface area contributed by atoms with Crippen LogP contribution in [0.5, 0.6) is 5.75 Å². The van der Waals surface area contributed by atoms with Crippen molar-refractivity contribution in [1.82, 2.24) is 0 Å². The summed E-state index contributed by atoms with van der Waals surface area (Å²) in [7, 11) is 1.71. The second kappa shape index (κ2) is 10.8. The number of ether oxygens (including phenoxy) is 1. The Kier molecular flexibility index (Phi) is 7.65. The van der Waals surface area contributed by atoms with Crippen LogP contribution in [0.4, 0.5) is 17.1 Å². The van der Waals surface area contributed by atoms with Crippen LogP contribution < -0.4 is 20.3 Å². The minimum Gasteiger partial charge on any atom is -0.493 e. The Morgan fingerprint density at radius 3 is 2.16 bits per heavy atom. The van der Waals surface area contributed by atoms with Crippen molar-refractivity contribution in [2.45, 2.75) is 13.3 Å². The lowest BCUT2D eigenvalue weighted by atomic mass is 10.2. The van der Waals surface area contributed by atoms with Crippen molar-refractivity contribution in [3.8, 4) is 5.75 Å². The Balaban J connectivity index is 1.41. The molecule has 6 nitrogen and oxygen atoms in total. The highest BCUT2D eigenvalue weighted by molar-refractivity contribution is 5.94. The summed E-state index contributed by atoms with van der Waals surface area (Å²) in [6.07, 6.45) is 0.854. The van der Waals surface area contributed by atoms with Gasteiger partial charge in [0.15, 0.2) is 0 Å². The first-order valence-corrected chi connectivity index (χ1v) is 10.2. The quantitative estimate of drug-likeness (QED) is 0.543. The molecule has 0 saturated heterocycles. The average molecular weight is 418 g/mol. The SMILES string of the molecule is CC(=O)N(C)c1ccc(NC(=O)CNc2ccc(OCCc3ccccc3)cc2)cc1. The Morgan fingerprint density at radius 2 is 1.52 bits per heavy atom. The van der Waals surface area contributed by atoms with Crippen molar-refractivity contribution in [2.24, 2.45) is 0 Å². The molecule has 0 bridgehead atoms. The summed E-state index contributed by atoms with van der Waals surface area (Å²) < 4.78 is 5.78. The molecule has 0 radical (unpaired) electrons. The first kappa shape index (κ1) is 21.9. The molecule has 3 aromatic carbocycles. The van der Waals surface area contributed by atoms with Gasteiger partial charge in [-0.1, -0.05) is 30.3 Å². The lowest BCUT2D eigenvalue weighted by Gasteiger charge is -2.15. The second-order valence-electron chi connectivity index (χ2n) is 7.14. The standard InChI is InChI=1S/C25H27N3O3/c1-19(29)28(2)23-12-8-22(9-13-23)27-25(30)18-26-21-10-14-24(15-11-21)31-17-16-20-6-4-3-5-7-20/h3-15,26H,16-18H2,1-2H3,(H,27,30). The van der Waals surface area contributed by atoms with E-state index in [0.717, 1.165) is 23.5 Å². The molecule has 160 valence electrons. The van der Waals surface area contributed by atoms with Crippen LogP contribution in [0.15, 0.2) is 78.9 Å². The minimum absolute atomic E-state index is 0.0476. The number of benzene rings is 3. The number of anilines is 3. The molecule has 3 rings (SSSR count). The van der Waals surface area contributed by atoms with Gasteiger partial charge in [0.2, 0.25) is 11.8 Å². The number of nitrogens with one attached hydrogen (secondary N) is 2. The normalized spacial score (nSPS) is 10.3. The van der Waals surface area contributed by atoms with Crippen LogP contribution in [-0.4, -0.2) is 32.0 Å². The van der Waals surface area contributed by atoms with Gasteiger partial charge in [-0.3, -0.25) is 9.59 Å². The third-order valence-electron chi connectivity index (χ3n) is 4.82. The van der Waals surface area contributed by atoms with Crippen molar-refractivity contribution in [2.75, 3.05) is 35.7 Å². The van der Waals surface area contributed by atoms with Crippen LogP contribution in [0.1, 0.15) is 12.5 Å². The fourth-order valence-electron chi connectivity index (χ4n) is 2.94. The molecule has 6 heteroatoms. The molecule has 0 unspecified atom stereocenters. The number of nitrogens with zero attached hydrogens (tertiary/aromatic N) is 1. The van der Waals surface area contributed by atoms with E-state index in [-0.39, 0.29) is 18.4 Å². The number of hydrogen-bond acceptors (Lipinski definition) is 4. The first-order valence-electron chi connectivity index (χ1n) is 10.2. The zero-order chi connectivity index (χ0) is 22.1. The van der Waals surface area contributed by atoms with Gasteiger partial charge in [-0.2, -0.15) is 0 Å². The van der Waals surface area contributed by atoms with Crippen molar-refractivity contribution in [1.29, 1.82) is 0 Å². The number of hydrogen-bond donors (Lipinski definition) is 2. The lowest BCUT2D eigenvalue weighted by molar-refractivity contribution is -0.116. The molecule has 0 aromatic heterocycles. The van der Waals surface area contributed by atoms with E-state index in [1.807, 2.05) is 42.5 Å². The third kappa shape index (κ3) is 6.89. The molecule has 0 aliphatic heterocycles. The molecule has 0 fully saturated rings. The topological polar surface area (TPSA) is 70.7 Å². The molecule has 2 amide bonds. The van der Waals surface area contributed by atoms with Crippen LogP contribution in [-0.2, 0) is 16.0 Å². The first-order chi connectivity index (χ1) is 15.0. The molecule has 0 aliphatic rings. The van der Waals surface area contributed by atoms with Gasteiger partial charge in [0.25, 0.3) is 0 Å². The minimum atomic E-state index is -0.157. The second-order valence-corrected chi connectivity index (χ2v) is 7.14. The van der Waals surface area contributed by atoms with Gasteiger partial charge in [0.1, 0.15) is 5.75 Å². The fraction of sp³-hybridized carbons (Fsp3) is 0.200. The van der Waals surface area contributed by atoms with Gasteiger partial charge in [-0.05, 0) is 54.1 Å². The van der Waals surface area contributed by atoms with Crippen LogP contribution in [0.2, 0.25) is 0 Å². The predicted octanol–water partition coefficient (Wildman–Crippen LogP) is 4.34. The summed E-state index contributed by atoms with van der Waals surface area (Å²) in [6.45, 7) is 2.26. The Bertz CT molecular complexity index is 987. The van der Waals surface area contributed by atoms with Gasteiger partial charge in [0.05, 0.1) is 13.2 Å². The van der Waals surface area contributed by atoms with Crippen LogP contribution in [0.3, 0.4) is 0 Å². The van der Waals surface area contributed by atoms with Crippen LogP contribution in [0, 0.1) is 0 Å². The Morgan fingerprint density at radius 1 is 0.871 bits per heavy atom. The van der Waals surface area contributed by atoms with E-state index in [9.17, 15) is 9.59 Å². The third-order valence-corrected chi connectivity index (χ3v) is 4.82. The molecule has 2 N–H and O–H groups in total. The summed E-state index contributed by atoms with van der Waals surface area (Å²) in [5, 5.41) is 5.93. The largest absolute Gasteiger partial charge is 0.493 e. The van der Waals surface area contributed by atoms with Gasteiger partial charge in [0, 0.05) is 37.5 Å². The molecular formula is C25H27N3O3. The van der Waals surface area contributed by atoms with Gasteiger partial charge < -0.3 is 20.3 Å². The number of carbonyl (C=O) groups excluding carboxylic acids is 2. The van der Waals surface area contributed by atoms with Crippen molar-refractivity contribution in [3.05, 3.63) is 84.4 Å². The van der Waals surface area contributed by atoms with Gasteiger partial charge in [-0.25, -0.2) is 0 Å². The van der Waals surface area contributed by atoms with Gasteiger partial charge >= 0.3 is 0 Å².